The fourth-order valence-corrected chi connectivity index (χ4v) is 2.22. The molecular weight excluding hydrogens is 330 g/mol. The Morgan fingerprint density at radius 2 is 2.10 bits per heavy atom. The highest BCUT2D eigenvalue weighted by molar-refractivity contribution is 9.10. The number of nitrogens with one attached hydrogen (secondary N) is 1. The van der Waals surface area contributed by atoms with Gasteiger partial charge in [0, 0.05) is 29.0 Å². The maximum Gasteiger partial charge on any atom is 0.219 e. The molecule has 0 saturated heterocycles. The average Bonchev–Trinajstić information content (AvgIpc) is 2.41. The van der Waals surface area contributed by atoms with Gasteiger partial charge in [-0.1, -0.05) is 19.9 Å². The highest BCUT2D eigenvalue weighted by Crippen LogP contribution is 2.22. The molecule has 0 amide bonds. The Kier molecular flexibility index (Phi) is 5.70. The molecule has 0 radical (unpaired) electrons. The van der Waals surface area contributed by atoms with Gasteiger partial charge in [0.05, 0.1) is 6.20 Å². The Hall–Kier alpha value is -1.46. The van der Waals surface area contributed by atoms with Crippen LogP contribution < -0.4 is 10.1 Å². The normalized spacial score (nSPS) is 10.9. The van der Waals surface area contributed by atoms with Crippen LogP contribution in [-0.4, -0.2) is 16.5 Å². The molecule has 4 nitrogen and oxygen atoms in total. The van der Waals surface area contributed by atoms with E-state index in [1.807, 2.05) is 19.1 Å². The van der Waals surface area contributed by atoms with Crippen molar-refractivity contribution in [2.45, 2.75) is 27.3 Å². The molecule has 0 aliphatic heterocycles. The Morgan fingerprint density at radius 3 is 2.76 bits per heavy atom. The second-order valence-corrected chi connectivity index (χ2v) is 6.28. The number of pyridine rings is 2. The molecule has 0 fully saturated rings. The molecule has 2 rings (SSSR count). The predicted octanol–water partition coefficient (Wildman–Crippen LogP) is 4.09. The molecule has 2 aromatic heterocycles. The molecule has 21 heavy (non-hydrogen) atoms. The van der Waals surface area contributed by atoms with Gasteiger partial charge in [0.15, 0.2) is 0 Å². The third kappa shape index (κ3) is 5.10. The Bertz CT molecular complexity index is 602. The molecule has 0 aliphatic carbocycles. The lowest BCUT2D eigenvalue weighted by Crippen LogP contribution is -2.19. The molecule has 5 heteroatoms. The van der Waals surface area contributed by atoms with Gasteiger partial charge in [0.2, 0.25) is 5.88 Å². The summed E-state index contributed by atoms with van der Waals surface area (Å²) in [6.45, 7) is 8.22. The van der Waals surface area contributed by atoms with Crippen LogP contribution in [0.4, 0.5) is 0 Å². The van der Waals surface area contributed by atoms with Crippen molar-refractivity contribution in [2.75, 3.05) is 6.54 Å². The third-order valence-electron chi connectivity index (χ3n) is 2.94. The SMILES string of the molecule is Cc1nc(Oc2cncc(Br)c2)ccc1CNCC(C)C. The van der Waals surface area contributed by atoms with E-state index in [9.17, 15) is 0 Å². The highest BCUT2D eigenvalue weighted by Gasteiger charge is 2.05. The van der Waals surface area contributed by atoms with Crippen molar-refractivity contribution >= 4 is 15.9 Å². The van der Waals surface area contributed by atoms with Crippen LogP contribution in [0.5, 0.6) is 11.6 Å². The fraction of sp³-hybridized carbons (Fsp3) is 0.375. The maximum atomic E-state index is 5.71. The molecule has 0 spiro atoms. The molecule has 2 aromatic rings. The molecule has 1 N–H and O–H groups in total. The van der Waals surface area contributed by atoms with E-state index in [1.165, 1.54) is 5.56 Å². The number of rotatable bonds is 6. The summed E-state index contributed by atoms with van der Waals surface area (Å²) in [6, 6.07) is 5.80. The van der Waals surface area contributed by atoms with Crippen molar-refractivity contribution in [2.24, 2.45) is 5.92 Å². The van der Waals surface area contributed by atoms with E-state index in [0.29, 0.717) is 17.5 Å². The van der Waals surface area contributed by atoms with Gasteiger partial charge >= 0.3 is 0 Å². The van der Waals surface area contributed by atoms with Crippen molar-refractivity contribution in [3.05, 3.63) is 46.3 Å². The second-order valence-electron chi connectivity index (χ2n) is 5.36. The number of nitrogens with zero attached hydrogens (tertiary/aromatic N) is 2. The molecule has 0 aromatic carbocycles. The summed E-state index contributed by atoms with van der Waals surface area (Å²) >= 11 is 3.37. The smallest absolute Gasteiger partial charge is 0.219 e. The van der Waals surface area contributed by atoms with E-state index in [2.05, 4.69) is 51.1 Å². The van der Waals surface area contributed by atoms with Gasteiger partial charge in [-0.15, -0.1) is 0 Å². The van der Waals surface area contributed by atoms with Crippen molar-refractivity contribution in [1.29, 1.82) is 0 Å². The van der Waals surface area contributed by atoms with Crippen molar-refractivity contribution in [3.8, 4) is 11.6 Å². The second kappa shape index (κ2) is 7.52. The van der Waals surface area contributed by atoms with Crippen LogP contribution in [0.1, 0.15) is 25.1 Å². The zero-order chi connectivity index (χ0) is 15.2. The van der Waals surface area contributed by atoms with Crippen LogP contribution >= 0.6 is 15.9 Å². The van der Waals surface area contributed by atoms with E-state index in [4.69, 9.17) is 4.74 Å². The van der Waals surface area contributed by atoms with Gasteiger partial charge in [-0.2, -0.15) is 0 Å². The number of hydrogen-bond donors (Lipinski definition) is 1. The molecule has 112 valence electrons. The fourth-order valence-electron chi connectivity index (χ4n) is 1.87. The first-order valence-corrected chi connectivity index (χ1v) is 7.79. The summed E-state index contributed by atoms with van der Waals surface area (Å²) < 4.78 is 6.59. The minimum atomic E-state index is 0.583. The zero-order valence-electron chi connectivity index (χ0n) is 12.6. The standard InChI is InChI=1S/C16H20BrN3O/c1-11(2)7-18-8-13-4-5-16(20-12(13)3)21-15-6-14(17)9-19-10-15/h4-6,9-11,18H,7-8H2,1-3H3. The number of hydrogen-bond acceptors (Lipinski definition) is 4. The Labute approximate surface area is 134 Å². The number of ether oxygens (including phenoxy) is 1. The van der Waals surface area contributed by atoms with E-state index in [-0.39, 0.29) is 0 Å². The van der Waals surface area contributed by atoms with Gasteiger partial charge in [-0.25, -0.2) is 4.98 Å². The van der Waals surface area contributed by atoms with Crippen LogP contribution in [0.15, 0.2) is 35.1 Å². The largest absolute Gasteiger partial charge is 0.437 e. The first-order chi connectivity index (χ1) is 10.0. The lowest BCUT2D eigenvalue weighted by molar-refractivity contribution is 0.458. The van der Waals surface area contributed by atoms with Crippen LogP contribution in [0.3, 0.4) is 0 Å². The van der Waals surface area contributed by atoms with Crippen LogP contribution in [0, 0.1) is 12.8 Å². The van der Waals surface area contributed by atoms with E-state index in [0.717, 1.165) is 23.3 Å². The molecule has 0 saturated carbocycles. The van der Waals surface area contributed by atoms with E-state index in [1.54, 1.807) is 12.4 Å². The van der Waals surface area contributed by atoms with Crippen molar-refractivity contribution in [1.82, 2.24) is 15.3 Å². The zero-order valence-corrected chi connectivity index (χ0v) is 14.1. The van der Waals surface area contributed by atoms with Gasteiger partial charge < -0.3 is 10.1 Å². The molecule has 0 bridgehead atoms. The van der Waals surface area contributed by atoms with E-state index < -0.39 is 0 Å². The number of aryl methyl sites for hydroxylation is 1. The molecular formula is C16H20BrN3O. The summed E-state index contributed by atoms with van der Waals surface area (Å²) in [5, 5.41) is 3.42. The van der Waals surface area contributed by atoms with Gasteiger partial charge in [0.1, 0.15) is 5.75 Å². The summed E-state index contributed by atoms with van der Waals surface area (Å²) in [6.07, 6.45) is 3.38. The first kappa shape index (κ1) is 15.9. The van der Waals surface area contributed by atoms with Crippen LogP contribution in [0.2, 0.25) is 0 Å². The summed E-state index contributed by atoms with van der Waals surface area (Å²) in [5.41, 5.74) is 2.17. The summed E-state index contributed by atoms with van der Waals surface area (Å²) in [4.78, 5) is 8.56. The Balaban J connectivity index is 2.01. The first-order valence-electron chi connectivity index (χ1n) is 7.00. The van der Waals surface area contributed by atoms with Gasteiger partial charge in [-0.3, -0.25) is 4.98 Å². The predicted molar refractivity (Wildman–Crippen MR) is 87.5 cm³/mol. The summed E-state index contributed by atoms with van der Waals surface area (Å²) in [5.74, 6) is 1.90. The topological polar surface area (TPSA) is 47.0 Å². The van der Waals surface area contributed by atoms with Gasteiger partial charge in [-0.05, 0) is 46.9 Å². The third-order valence-corrected chi connectivity index (χ3v) is 3.37. The van der Waals surface area contributed by atoms with E-state index >= 15 is 0 Å². The molecule has 0 unspecified atom stereocenters. The maximum absolute atomic E-state index is 5.71. The molecule has 0 atom stereocenters. The number of aromatic nitrogens is 2. The highest BCUT2D eigenvalue weighted by atomic mass is 79.9. The molecule has 2 heterocycles. The minimum absolute atomic E-state index is 0.583. The quantitative estimate of drug-likeness (QED) is 0.853. The minimum Gasteiger partial charge on any atom is -0.437 e. The monoisotopic (exact) mass is 349 g/mol. The lowest BCUT2D eigenvalue weighted by atomic mass is 10.2. The number of halogens is 1. The van der Waals surface area contributed by atoms with Gasteiger partial charge in [0.25, 0.3) is 0 Å². The van der Waals surface area contributed by atoms with Crippen molar-refractivity contribution in [3.63, 3.8) is 0 Å². The van der Waals surface area contributed by atoms with Crippen LogP contribution in [-0.2, 0) is 6.54 Å². The van der Waals surface area contributed by atoms with Crippen LogP contribution in [0.25, 0.3) is 0 Å². The summed E-state index contributed by atoms with van der Waals surface area (Å²) in [7, 11) is 0. The molecule has 0 aliphatic rings. The van der Waals surface area contributed by atoms with Crippen molar-refractivity contribution < 1.29 is 4.74 Å². The Morgan fingerprint density at radius 1 is 1.29 bits per heavy atom. The lowest BCUT2D eigenvalue weighted by Gasteiger charge is -2.11. The average molecular weight is 350 g/mol.